The Labute approximate surface area is 208 Å². The van der Waals surface area contributed by atoms with E-state index in [0.717, 1.165) is 6.42 Å². The van der Waals surface area contributed by atoms with Crippen LogP contribution < -0.4 is 16.0 Å². The van der Waals surface area contributed by atoms with E-state index in [0.29, 0.717) is 24.6 Å². The number of carbonyl (C=O) groups excluding carboxylic acids is 4. The van der Waals surface area contributed by atoms with Crippen LogP contribution in [0.2, 0.25) is 0 Å². The maximum absolute atomic E-state index is 13.2. The highest BCUT2D eigenvalue weighted by Crippen LogP contribution is 2.19. The molecule has 3 aliphatic rings. The zero-order valence-electron chi connectivity index (χ0n) is 19.1. The molecular weight excluding hydrogens is 494 g/mol. The van der Waals surface area contributed by atoms with Crippen LogP contribution in [0.4, 0.5) is 0 Å². The van der Waals surface area contributed by atoms with Gasteiger partial charge < -0.3 is 20.4 Å². The first kappa shape index (κ1) is 25.5. The largest absolute Gasteiger partial charge is 0.354 e. The van der Waals surface area contributed by atoms with Crippen molar-refractivity contribution in [2.24, 2.45) is 0 Å². The number of piperazine rings is 1. The van der Waals surface area contributed by atoms with Gasteiger partial charge in [0.05, 0.1) is 17.5 Å². The highest BCUT2D eigenvalue weighted by atomic mass is 32.2. The lowest BCUT2D eigenvalue weighted by atomic mass is 10.0. The molecular formula is C22H29N5O6S2. The van der Waals surface area contributed by atoms with Crippen LogP contribution in [0.3, 0.4) is 0 Å². The van der Waals surface area contributed by atoms with E-state index in [4.69, 9.17) is 0 Å². The van der Waals surface area contributed by atoms with Crippen LogP contribution in [0.1, 0.15) is 12.8 Å². The summed E-state index contributed by atoms with van der Waals surface area (Å²) in [6.07, 6.45) is 1.20. The van der Waals surface area contributed by atoms with Crippen LogP contribution in [0, 0.1) is 0 Å². The van der Waals surface area contributed by atoms with Crippen molar-refractivity contribution in [1.82, 2.24) is 25.8 Å². The van der Waals surface area contributed by atoms with E-state index < -0.39 is 45.5 Å². The van der Waals surface area contributed by atoms with Gasteiger partial charge in [-0.2, -0.15) is 0 Å². The molecule has 3 fully saturated rings. The lowest BCUT2D eigenvalue weighted by molar-refractivity contribution is -0.149. The van der Waals surface area contributed by atoms with Gasteiger partial charge in [0.25, 0.3) is 0 Å². The van der Waals surface area contributed by atoms with E-state index in [1.165, 1.54) is 21.9 Å². The first-order chi connectivity index (χ1) is 16.8. The first-order valence-electron chi connectivity index (χ1n) is 11.5. The van der Waals surface area contributed by atoms with Gasteiger partial charge in [-0.3, -0.25) is 24.5 Å². The van der Waals surface area contributed by atoms with Gasteiger partial charge in [-0.05, 0) is 25.0 Å². The Morgan fingerprint density at radius 2 is 1.91 bits per heavy atom. The van der Waals surface area contributed by atoms with Crippen molar-refractivity contribution in [2.45, 2.75) is 35.9 Å². The number of piperidine rings is 1. The summed E-state index contributed by atoms with van der Waals surface area (Å²) in [6, 6.07) is 5.53. The molecule has 4 rings (SSSR count). The fourth-order valence-corrected chi connectivity index (χ4v) is 6.57. The minimum Gasteiger partial charge on any atom is -0.354 e. The van der Waals surface area contributed by atoms with E-state index in [-0.39, 0.29) is 36.3 Å². The van der Waals surface area contributed by atoms with Crippen LogP contribution in [0.5, 0.6) is 0 Å². The number of thioether (sulfide) groups is 1. The van der Waals surface area contributed by atoms with Crippen molar-refractivity contribution in [2.75, 3.05) is 43.6 Å². The van der Waals surface area contributed by atoms with Crippen molar-refractivity contribution in [3.8, 4) is 0 Å². The molecule has 0 radical (unpaired) electrons. The predicted octanol–water partition coefficient (Wildman–Crippen LogP) is -1.44. The van der Waals surface area contributed by atoms with Crippen LogP contribution in [-0.4, -0.2) is 104 Å². The van der Waals surface area contributed by atoms with E-state index in [2.05, 4.69) is 16.0 Å². The Bertz CT molecular complexity index is 1080. The molecule has 1 aromatic rings. The number of nitrogens with one attached hydrogen (secondary N) is 3. The lowest BCUT2D eigenvalue weighted by Gasteiger charge is -2.42. The van der Waals surface area contributed by atoms with Crippen LogP contribution in [0.25, 0.3) is 0 Å². The normalized spacial score (nSPS) is 25.1. The summed E-state index contributed by atoms with van der Waals surface area (Å²) in [5.74, 6) is -1.22. The molecule has 3 N–H and O–H groups in total. The molecule has 0 saturated carbocycles. The molecule has 0 unspecified atom stereocenters. The minimum absolute atomic E-state index is 0.0459. The van der Waals surface area contributed by atoms with Crippen molar-refractivity contribution in [1.29, 1.82) is 0 Å². The molecule has 1 aromatic carbocycles. The van der Waals surface area contributed by atoms with E-state index >= 15 is 0 Å². The van der Waals surface area contributed by atoms with Gasteiger partial charge in [-0.1, -0.05) is 18.2 Å². The third-order valence-corrected chi connectivity index (χ3v) is 8.91. The number of benzene rings is 1. The first-order valence-corrected chi connectivity index (χ1v) is 14.3. The SMILES string of the molecule is O=C(N[C@@H]1CCCNC1=O)[C@H]1CN(C(=O)CS(=O)(=O)c2ccccc2)CCN1C(=O)[C@H]1CSCN1. The molecule has 0 aliphatic carbocycles. The van der Waals surface area contributed by atoms with Gasteiger partial charge in [0.1, 0.15) is 17.8 Å². The molecule has 0 spiro atoms. The molecule has 190 valence electrons. The third kappa shape index (κ3) is 5.96. The number of hydrogen-bond donors (Lipinski definition) is 3. The summed E-state index contributed by atoms with van der Waals surface area (Å²) in [6.45, 7) is 0.605. The average Bonchev–Trinajstić information content (AvgIpc) is 3.40. The Kier molecular flexibility index (Phi) is 7.97. The van der Waals surface area contributed by atoms with Gasteiger partial charge in [-0.15, -0.1) is 11.8 Å². The second-order valence-electron chi connectivity index (χ2n) is 8.73. The van der Waals surface area contributed by atoms with Crippen molar-refractivity contribution in [3.05, 3.63) is 30.3 Å². The summed E-state index contributed by atoms with van der Waals surface area (Å²) in [5, 5.41) is 8.53. The molecule has 3 aliphatic heterocycles. The summed E-state index contributed by atoms with van der Waals surface area (Å²) in [5.41, 5.74) is 0. The van der Waals surface area contributed by atoms with Crippen molar-refractivity contribution in [3.63, 3.8) is 0 Å². The van der Waals surface area contributed by atoms with Gasteiger partial charge >= 0.3 is 0 Å². The van der Waals surface area contributed by atoms with Crippen LogP contribution in [0.15, 0.2) is 35.2 Å². The highest BCUT2D eigenvalue weighted by Gasteiger charge is 2.41. The number of amides is 4. The Balaban J connectivity index is 1.49. The van der Waals surface area contributed by atoms with E-state index in [1.54, 1.807) is 30.0 Å². The van der Waals surface area contributed by atoms with Gasteiger partial charge in [-0.25, -0.2) is 8.42 Å². The minimum atomic E-state index is -3.86. The van der Waals surface area contributed by atoms with Crippen LogP contribution in [-0.2, 0) is 29.0 Å². The maximum Gasteiger partial charge on any atom is 0.245 e. The zero-order chi connectivity index (χ0) is 25.0. The quantitative estimate of drug-likeness (QED) is 0.411. The second-order valence-corrected chi connectivity index (χ2v) is 11.7. The van der Waals surface area contributed by atoms with Gasteiger partial charge in [0, 0.05) is 31.3 Å². The average molecular weight is 524 g/mol. The van der Waals surface area contributed by atoms with E-state index in [1.807, 2.05) is 0 Å². The standard InChI is InChI=1S/C22H29N5O6S2/c28-19(13-35(32,33)15-5-2-1-3-6-15)26-9-10-27(22(31)17-12-34-14-24-17)18(11-26)21(30)25-16-7-4-8-23-20(16)29/h1-3,5-6,16-18,24H,4,7-14H2,(H,23,29)(H,25,30)/t16-,17-,18-/m1/s1. The molecule has 13 heteroatoms. The maximum atomic E-state index is 13.2. The molecule has 3 heterocycles. The van der Waals surface area contributed by atoms with E-state index in [9.17, 15) is 27.6 Å². The van der Waals surface area contributed by atoms with Gasteiger partial charge in [0.2, 0.25) is 23.6 Å². The number of rotatable bonds is 6. The predicted molar refractivity (Wildman–Crippen MR) is 129 cm³/mol. The van der Waals surface area contributed by atoms with Crippen molar-refractivity contribution < 1.29 is 27.6 Å². The molecule has 0 bridgehead atoms. The summed E-state index contributed by atoms with van der Waals surface area (Å²) < 4.78 is 25.4. The summed E-state index contributed by atoms with van der Waals surface area (Å²) in [7, 11) is -3.86. The number of hydrogen-bond acceptors (Lipinski definition) is 8. The number of sulfone groups is 1. The number of carbonyl (C=O) groups is 4. The lowest BCUT2D eigenvalue weighted by Crippen LogP contribution is -2.65. The van der Waals surface area contributed by atoms with Crippen molar-refractivity contribution >= 4 is 45.2 Å². The third-order valence-electron chi connectivity index (χ3n) is 6.35. The molecule has 3 saturated heterocycles. The molecule has 4 amide bonds. The molecule has 35 heavy (non-hydrogen) atoms. The Morgan fingerprint density at radius 1 is 1.14 bits per heavy atom. The fraction of sp³-hybridized carbons (Fsp3) is 0.545. The molecule has 0 aromatic heterocycles. The highest BCUT2D eigenvalue weighted by molar-refractivity contribution is 7.99. The smallest absolute Gasteiger partial charge is 0.245 e. The fourth-order valence-electron chi connectivity index (χ4n) is 4.39. The molecule has 11 nitrogen and oxygen atoms in total. The van der Waals surface area contributed by atoms with Crippen LogP contribution >= 0.6 is 11.8 Å². The summed E-state index contributed by atoms with van der Waals surface area (Å²) >= 11 is 1.58. The second kappa shape index (κ2) is 11.0. The Morgan fingerprint density at radius 3 is 2.60 bits per heavy atom. The monoisotopic (exact) mass is 523 g/mol. The van der Waals surface area contributed by atoms with Gasteiger partial charge in [0.15, 0.2) is 9.84 Å². The number of nitrogens with zero attached hydrogens (tertiary/aromatic N) is 2. The Hall–Kier alpha value is -2.64. The topological polar surface area (TPSA) is 145 Å². The summed E-state index contributed by atoms with van der Waals surface area (Å²) in [4.78, 5) is 54.3. The zero-order valence-corrected chi connectivity index (χ0v) is 20.8. The molecule has 3 atom stereocenters.